The first-order valence-electron chi connectivity index (χ1n) is 4.08. The fourth-order valence-electron chi connectivity index (χ4n) is 1.43. The molecule has 0 aliphatic carbocycles. The van der Waals surface area contributed by atoms with Gasteiger partial charge in [-0.1, -0.05) is 47.8 Å². The van der Waals surface area contributed by atoms with E-state index in [0.29, 0.717) is 0 Å². The standard InChI is InChI=1S/C10H7Br3S/c11-4-8-7-3-6(13)1-2-9(7)14-10(8)5-12/h1-3H,4-5H2. The Morgan fingerprint density at radius 2 is 1.93 bits per heavy atom. The van der Waals surface area contributed by atoms with Gasteiger partial charge in [0, 0.05) is 24.7 Å². The molecule has 1 aromatic heterocycles. The normalized spacial score (nSPS) is 11.1. The van der Waals surface area contributed by atoms with Crippen LogP contribution in [0.1, 0.15) is 10.4 Å². The van der Waals surface area contributed by atoms with Gasteiger partial charge in [0.05, 0.1) is 0 Å². The van der Waals surface area contributed by atoms with Crippen LogP contribution >= 0.6 is 59.1 Å². The molecular formula is C10H7Br3S. The molecule has 0 radical (unpaired) electrons. The van der Waals surface area contributed by atoms with Crippen LogP contribution in [-0.4, -0.2) is 0 Å². The van der Waals surface area contributed by atoms with Crippen LogP contribution in [0.25, 0.3) is 10.1 Å². The SMILES string of the molecule is BrCc1sc2ccc(Br)cc2c1CBr. The molecule has 0 bridgehead atoms. The highest BCUT2D eigenvalue weighted by Gasteiger charge is 2.09. The van der Waals surface area contributed by atoms with Gasteiger partial charge >= 0.3 is 0 Å². The molecule has 14 heavy (non-hydrogen) atoms. The number of rotatable bonds is 2. The summed E-state index contributed by atoms with van der Waals surface area (Å²) in [6.45, 7) is 0. The molecule has 1 heterocycles. The molecule has 0 unspecified atom stereocenters. The molecule has 0 spiro atoms. The Bertz CT molecular complexity index is 462. The zero-order valence-corrected chi connectivity index (χ0v) is 12.8. The highest BCUT2D eigenvalue weighted by atomic mass is 79.9. The van der Waals surface area contributed by atoms with Crippen molar-refractivity contribution in [1.29, 1.82) is 0 Å². The second-order valence-electron chi connectivity index (χ2n) is 2.91. The summed E-state index contributed by atoms with van der Waals surface area (Å²) >= 11 is 12.4. The number of alkyl halides is 2. The highest BCUT2D eigenvalue weighted by molar-refractivity contribution is 9.10. The first kappa shape index (κ1) is 11.1. The third kappa shape index (κ3) is 1.94. The molecule has 0 saturated heterocycles. The van der Waals surface area contributed by atoms with E-state index in [2.05, 4.69) is 66.0 Å². The summed E-state index contributed by atoms with van der Waals surface area (Å²) in [4.78, 5) is 1.41. The van der Waals surface area contributed by atoms with Crippen molar-refractivity contribution in [2.75, 3.05) is 0 Å². The first-order chi connectivity index (χ1) is 6.76. The van der Waals surface area contributed by atoms with Crippen LogP contribution in [0.2, 0.25) is 0 Å². The lowest BCUT2D eigenvalue weighted by Gasteiger charge is -1.96. The fourth-order valence-corrected chi connectivity index (χ4v) is 4.35. The predicted octanol–water partition coefficient (Wildman–Crippen LogP) is 5.45. The summed E-state index contributed by atoms with van der Waals surface area (Å²) in [6, 6.07) is 6.45. The molecule has 0 saturated carbocycles. The van der Waals surface area contributed by atoms with Crippen molar-refractivity contribution in [3.05, 3.63) is 33.1 Å². The van der Waals surface area contributed by atoms with Crippen molar-refractivity contribution in [3.8, 4) is 0 Å². The molecule has 4 heteroatoms. The van der Waals surface area contributed by atoms with Gasteiger partial charge in [-0.15, -0.1) is 11.3 Å². The third-order valence-corrected chi connectivity index (χ3v) is 5.29. The van der Waals surface area contributed by atoms with E-state index >= 15 is 0 Å². The molecular weight excluding hydrogens is 392 g/mol. The number of hydrogen-bond acceptors (Lipinski definition) is 1. The summed E-state index contributed by atoms with van der Waals surface area (Å²) in [5.41, 5.74) is 1.41. The Labute approximate surface area is 112 Å². The number of thiophene rings is 1. The van der Waals surface area contributed by atoms with Gasteiger partial charge in [0.1, 0.15) is 0 Å². The monoisotopic (exact) mass is 396 g/mol. The molecule has 0 amide bonds. The van der Waals surface area contributed by atoms with E-state index in [-0.39, 0.29) is 0 Å². The van der Waals surface area contributed by atoms with E-state index in [9.17, 15) is 0 Å². The average Bonchev–Trinajstić information content (AvgIpc) is 2.54. The van der Waals surface area contributed by atoms with Crippen LogP contribution in [0.3, 0.4) is 0 Å². The number of benzene rings is 1. The first-order valence-corrected chi connectivity index (χ1v) is 7.93. The van der Waals surface area contributed by atoms with Gasteiger partial charge in [0.2, 0.25) is 0 Å². The van der Waals surface area contributed by atoms with Gasteiger partial charge in [-0.25, -0.2) is 0 Å². The van der Waals surface area contributed by atoms with E-state index in [1.54, 1.807) is 0 Å². The van der Waals surface area contributed by atoms with Crippen molar-refractivity contribution in [2.45, 2.75) is 10.7 Å². The molecule has 0 aliphatic heterocycles. The van der Waals surface area contributed by atoms with Gasteiger partial charge in [0.15, 0.2) is 0 Å². The number of halogens is 3. The van der Waals surface area contributed by atoms with Gasteiger partial charge in [-0.2, -0.15) is 0 Å². The Kier molecular flexibility index (Phi) is 3.68. The summed E-state index contributed by atoms with van der Waals surface area (Å²) in [7, 11) is 0. The largest absolute Gasteiger partial charge is 0.139 e. The minimum atomic E-state index is 0.921. The van der Waals surface area contributed by atoms with E-state index in [1.165, 1.54) is 20.5 Å². The average molecular weight is 399 g/mol. The zero-order chi connectivity index (χ0) is 10.1. The Hall–Kier alpha value is 0.620. The van der Waals surface area contributed by atoms with Crippen LogP contribution in [0.4, 0.5) is 0 Å². The summed E-state index contributed by atoms with van der Waals surface area (Å²) in [5, 5.41) is 3.21. The summed E-state index contributed by atoms with van der Waals surface area (Å²) in [6.07, 6.45) is 0. The van der Waals surface area contributed by atoms with Crippen molar-refractivity contribution >= 4 is 69.2 Å². The predicted molar refractivity (Wildman–Crippen MR) is 74.8 cm³/mol. The molecule has 0 N–H and O–H groups in total. The number of fused-ring (bicyclic) bond motifs is 1. The van der Waals surface area contributed by atoms with Gasteiger partial charge in [0.25, 0.3) is 0 Å². The van der Waals surface area contributed by atoms with Crippen LogP contribution in [0, 0.1) is 0 Å². The van der Waals surface area contributed by atoms with Crippen LogP contribution in [-0.2, 0) is 10.7 Å². The molecule has 2 aromatic rings. The Morgan fingerprint density at radius 3 is 2.57 bits per heavy atom. The molecule has 0 aliphatic rings. The van der Waals surface area contributed by atoms with Gasteiger partial charge < -0.3 is 0 Å². The Morgan fingerprint density at radius 1 is 1.14 bits per heavy atom. The van der Waals surface area contributed by atoms with Gasteiger partial charge in [-0.05, 0) is 29.1 Å². The molecule has 74 valence electrons. The van der Waals surface area contributed by atoms with E-state index in [0.717, 1.165) is 15.1 Å². The lowest BCUT2D eigenvalue weighted by molar-refractivity contribution is 1.42. The molecule has 0 nitrogen and oxygen atoms in total. The lowest BCUT2D eigenvalue weighted by atomic mass is 10.2. The third-order valence-electron chi connectivity index (χ3n) is 2.09. The maximum atomic E-state index is 3.54. The lowest BCUT2D eigenvalue weighted by Crippen LogP contribution is -1.79. The van der Waals surface area contributed by atoms with E-state index in [1.807, 2.05) is 11.3 Å². The highest BCUT2D eigenvalue weighted by Crippen LogP contribution is 2.35. The van der Waals surface area contributed by atoms with E-state index in [4.69, 9.17) is 0 Å². The van der Waals surface area contributed by atoms with Crippen molar-refractivity contribution in [1.82, 2.24) is 0 Å². The topological polar surface area (TPSA) is 0 Å². The summed E-state index contributed by atoms with van der Waals surface area (Å²) in [5.74, 6) is 0. The van der Waals surface area contributed by atoms with Crippen molar-refractivity contribution in [3.63, 3.8) is 0 Å². The van der Waals surface area contributed by atoms with Crippen molar-refractivity contribution in [2.24, 2.45) is 0 Å². The van der Waals surface area contributed by atoms with Crippen LogP contribution in [0.5, 0.6) is 0 Å². The smallest absolute Gasteiger partial charge is 0.0380 e. The second-order valence-corrected chi connectivity index (χ2v) is 6.09. The van der Waals surface area contributed by atoms with Crippen LogP contribution < -0.4 is 0 Å². The molecule has 2 rings (SSSR count). The minimum absolute atomic E-state index is 0.921. The quantitative estimate of drug-likeness (QED) is 0.590. The molecule has 1 aromatic carbocycles. The molecule has 0 fully saturated rings. The minimum Gasteiger partial charge on any atom is -0.139 e. The van der Waals surface area contributed by atoms with Crippen LogP contribution in [0.15, 0.2) is 22.7 Å². The second kappa shape index (κ2) is 4.64. The van der Waals surface area contributed by atoms with Crippen molar-refractivity contribution < 1.29 is 0 Å². The molecule has 0 atom stereocenters. The Balaban J connectivity index is 2.74. The maximum absolute atomic E-state index is 3.54. The van der Waals surface area contributed by atoms with Gasteiger partial charge in [-0.3, -0.25) is 0 Å². The fraction of sp³-hybridized carbons (Fsp3) is 0.200. The number of hydrogen-bond donors (Lipinski definition) is 0. The van der Waals surface area contributed by atoms with E-state index < -0.39 is 0 Å². The maximum Gasteiger partial charge on any atom is 0.0380 e. The summed E-state index contributed by atoms with van der Waals surface area (Å²) < 4.78 is 2.50. The zero-order valence-electron chi connectivity index (χ0n) is 7.19.